The minimum Gasteiger partial charge on any atom is -0.364 e. The van der Waals surface area contributed by atoms with E-state index in [4.69, 9.17) is 12.2 Å². The van der Waals surface area contributed by atoms with Gasteiger partial charge in [-0.3, -0.25) is 4.79 Å². The van der Waals surface area contributed by atoms with Crippen LogP contribution in [0.3, 0.4) is 0 Å². The van der Waals surface area contributed by atoms with Gasteiger partial charge in [0.05, 0.1) is 11.3 Å². The zero-order valence-electron chi connectivity index (χ0n) is 10.0. The fourth-order valence-electron chi connectivity index (χ4n) is 1.35. The van der Waals surface area contributed by atoms with Crippen molar-refractivity contribution in [2.45, 2.75) is 5.88 Å². The smallest absolute Gasteiger partial charge is 0.278 e. The Kier molecular flexibility index (Phi) is 3.93. The van der Waals surface area contributed by atoms with Crippen molar-refractivity contribution in [1.29, 1.82) is 0 Å². The van der Waals surface area contributed by atoms with E-state index in [9.17, 15) is 4.79 Å². The van der Waals surface area contributed by atoms with Gasteiger partial charge in [-0.1, -0.05) is 41.3 Å². The molecule has 1 aromatic heterocycles. The van der Waals surface area contributed by atoms with E-state index in [2.05, 4.69) is 10.3 Å². The summed E-state index contributed by atoms with van der Waals surface area (Å²) < 4.78 is 2.03. The van der Waals surface area contributed by atoms with Gasteiger partial charge in [0.25, 0.3) is 5.56 Å². The number of aromatic nitrogens is 3. The number of hydrogen-bond acceptors (Lipinski definition) is 5. The number of thioether (sulfide) groups is 1. The topological polar surface area (TPSA) is 51.0 Å². The molecule has 0 N–H and O–H groups in total. The van der Waals surface area contributed by atoms with Gasteiger partial charge in [-0.25, -0.2) is 0 Å². The largest absolute Gasteiger partial charge is 0.364 e. The minimum absolute atomic E-state index is 0.144. The number of fused-ring (bicyclic) bond motifs is 1. The summed E-state index contributed by atoms with van der Waals surface area (Å²) in [5, 5.41) is 8.47. The lowest BCUT2D eigenvalue weighted by Gasteiger charge is -2.12. The first kappa shape index (κ1) is 13.0. The summed E-state index contributed by atoms with van der Waals surface area (Å²) in [6.45, 7) is 0. The van der Waals surface area contributed by atoms with Gasteiger partial charge < -0.3 is 4.90 Å². The SMILES string of the molecule is CN(C)C(=S)SCn1nnc2ccccc2c1=O. The van der Waals surface area contributed by atoms with Gasteiger partial charge in [0.1, 0.15) is 9.84 Å². The van der Waals surface area contributed by atoms with Crippen molar-refractivity contribution in [3.63, 3.8) is 0 Å². The van der Waals surface area contributed by atoms with Crippen molar-refractivity contribution >= 4 is 39.2 Å². The second-order valence-electron chi connectivity index (χ2n) is 3.85. The standard InChI is InChI=1S/C11H12N4OS2/c1-14(2)11(17)18-7-15-10(16)8-5-3-4-6-9(8)12-13-15/h3-6H,7H2,1-2H3. The third kappa shape index (κ3) is 2.68. The summed E-state index contributed by atoms with van der Waals surface area (Å²) in [6, 6.07) is 7.16. The average Bonchev–Trinajstić information content (AvgIpc) is 2.38. The molecule has 0 fully saturated rings. The fourth-order valence-corrected chi connectivity index (χ4v) is 2.17. The van der Waals surface area contributed by atoms with Gasteiger partial charge in [0.15, 0.2) is 0 Å². The number of benzene rings is 1. The molecule has 5 nitrogen and oxygen atoms in total. The molecule has 0 saturated carbocycles. The van der Waals surface area contributed by atoms with Crippen molar-refractivity contribution in [1.82, 2.24) is 19.9 Å². The summed E-state index contributed by atoms with van der Waals surface area (Å²) in [6.07, 6.45) is 0. The zero-order chi connectivity index (χ0) is 13.1. The lowest BCUT2D eigenvalue weighted by Crippen LogP contribution is -2.25. The highest BCUT2D eigenvalue weighted by Gasteiger charge is 2.06. The molecule has 0 aliphatic carbocycles. The molecule has 0 radical (unpaired) electrons. The zero-order valence-corrected chi connectivity index (χ0v) is 11.7. The van der Waals surface area contributed by atoms with Crippen molar-refractivity contribution in [2.75, 3.05) is 14.1 Å². The maximum atomic E-state index is 12.1. The van der Waals surface area contributed by atoms with E-state index in [0.29, 0.717) is 21.1 Å². The van der Waals surface area contributed by atoms with E-state index in [1.54, 1.807) is 12.1 Å². The van der Waals surface area contributed by atoms with Crippen molar-refractivity contribution in [3.05, 3.63) is 34.6 Å². The Hall–Kier alpha value is -1.47. The highest BCUT2D eigenvalue weighted by atomic mass is 32.2. The van der Waals surface area contributed by atoms with E-state index in [1.165, 1.54) is 16.4 Å². The lowest BCUT2D eigenvalue weighted by molar-refractivity contribution is 0.636. The summed E-state index contributed by atoms with van der Waals surface area (Å²) in [5.41, 5.74) is 0.466. The molecule has 2 aromatic rings. The molecule has 18 heavy (non-hydrogen) atoms. The van der Waals surface area contributed by atoms with E-state index in [1.807, 2.05) is 31.1 Å². The minimum atomic E-state index is -0.144. The van der Waals surface area contributed by atoms with Crippen LogP contribution in [-0.4, -0.2) is 38.3 Å². The van der Waals surface area contributed by atoms with Crippen LogP contribution in [0, 0.1) is 0 Å². The van der Waals surface area contributed by atoms with Gasteiger partial charge in [-0.2, -0.15) is 4.68 Å². The Labute approximate surface area is 114 Å². The molecule has 0 aliphatic heterocycles. The maximum absolute atomic E-state index is 12.1. The van der Waals surface area contributed by atoms with Crippen LogP contribution in [0.5, 0.6) is 0 Å². The predicted octanol–water partition coefficient (Wildman–Crippen LogP) is 1.33. The van der Waals surface area contributed by atoms with Crippen LogP contribution in [0.15, 0.2) is 29.1 Å². The van der Waals surface area contributed by atoms with Crippen LogP contribution < -0.4 is 5.56 Å². The highest BCUT2D eigenvalue weighted by Crippen LogP contribution is 2.09. The molecular formula is C11H12N4OS2. The van der Waals surface area contributed by atoms with Crippen LogP contribution in [0.2, 0.25) is 0 Å². The first-order valence-electron chi connectivity index (χ1n) is 5.26. The van der Waals surface area contributed by atoms with Crippen LogP contribution in [0.4, 0.5) is 0 Å². The summed E-state index contributed by atoms with van der Waals surface area (Å²) in [7, 11) is 3.73. The Morgan fingerprint density at radius 1 is 1.44 bits per heavy atom. The van der Waals surface area contributed by atoms with Gasteiger partial charge in [0, 0.05) is 14.1 Å². The predicted molar refractivity (Wildman–Crippen MR) is 77.7 cm³/mol. The first-order valence-corrected chi connectivity index (χ1v) is 6.65. The third-order valence-corrected chi connectivity index (χ3v) is 4.01. The molecule has 0 unspecified atom stereocenters. The van der Waals surface area contributed by atoms with E-state index in [-0.39, 0.29) is 5.56 Å². The van der Waals surface area contributed by atoms with Crippen LogP contribution >= 0.6 is 24.0 Å². The molecule has 2 rings (SSSR count). The molecule has 0 spiro atoms. The molecule has 0 bridgehead atoms. The molecule has 0 amide bonds. The van der Waals surface area contributed by atoms with E-state index < -0.39 is 0 Å². The number of thiocarbonyl (C=S) groups is 1. The second kappa shape index (κ2) is 5.45. The lowest BCUT2D eigenvalue weighted by atomic mass is 10.2. The molecule has 1 aromatic carbocycles. The maximum Gasteiger partial charge on any atom is 0.278 e. The van der Waals surface area contributed by atoms with Crippen molar-refractivity contribution in [3.8, 4) is 0 Å². The third-order valence-electron chi connectivity index (χ3n) is 2.30. The number of rotatable bonds is 2. The van der Waals surface area contributed by atoms with Crippen molar-refractivity contribution in [2.24, 2.45) is 0 Å². The van der Waals surface area contributed by atoms with Crippen LogP contribution in [-0.2, 0) is 5.88 Å². The molecule has 94 valence electrons. The molecule has 0 aliphatic rings. The highest BCUT2D eigenvalue weighted by molar-refractivity contribution is 8.22. The number of hydrogen-bond donors (Lipinski definition) is 0. The summed E-state index contributed by atoms with van der Waals surface area (Å²) >= 11 is 6.52. The Balaban J connectivity index is 2.27. The van der Waals surface area contributed by atoms with Crippen LogP contribution in [0.25, 0.3) is 10.9 Å². The van der Waals surface area contributed by atoms with Gasteiger partial charge in [-0.05, 0) is 12.1 Å². The Morgan fingerprint density at radius 3 is 2.89 bits per heavy atom. The van der Waals surface area contributed by atoms with Gasteiger partial charge in [0.2, 0.25) is 0 Å². The summed E-state index contributed by atoms with van der Waals surface area (Å²) in [5.74, 6) is 0.369. The molecular weight excluding hydrogens is 268 g/mol. The average molecular weight is 280 g/mol. The van der Waals surface area contributed by atoms with Gasteiger partial charge >= 0.3 is 0 Å². The van der Waals surface area contributed by atoms with E-state index >= 15 is 0 Å². The van der Waals surface area contributed by atoms with Crippen molar-refractivity contribution < 1.29 is 0 Å². The normalized spacial score (nSPS) is 10.6. The molecule has 0 atom stereocenters. The first-order chi connectivity index (χ1) is 8.59. The van der Waals surface area contributed by atoms with Gasteiger partial charge in [-0.15, -0.1) is 5.10 Å². The summed E-state index contributed by atoms with van der Waals surface area (Å²) in [4.78, 5) is 13.9. The van der Waals surface area contributed by atoms with E-state index in [0.717, 1.165) is 0 Å². The molecule has 1 heterocycles. The fraction of sp³-hybridized carbons (Fsp3) is 0.273. The monoisotopic (exact) mass is 280 g/mol. The Bertz CT molecular complexity index is 638. The number of nitrogens with zero attached hydrogens (tertiary/aromatic N) is 4. The van der Waals surface area contributed by atoms with Crippen LogP contribution in [0.1, 0.15) is 0 Å². The molecule has 0 saturated heterocycles. The quantitative estimate of drug-likeness (QED) is 0.774. The Morgan fingerprint density at radius 2 is 2.17 bits per heavy atom. The second-order valence-corrected chi connectivity index (χ2v) is 5.42. The molecule has 7 heteroatoms.